The zero-order chi connectivity index (χ0) is 14.3. The molecule has 0 heterocycles. The minimum Gasteiger partial charge on any atom is -0.389 e. The van der Waals surface area contributed by atoms with Crippen molar-refractivity contribution in [1.82, 2.24) is 4.72 Å². The second kappa shape index (κ2) is 5.16. The van der Waals surface area contributed by atoms with Crippen molar-refractivity contribution in [3.05, 3.63) is 27.7 Å². The molecule has 1 aromatic carbocycles. The van der Waals surface area contributed by atoms with Gasteiger partial charge in [-0.05, 0) is 56.4 Å². The van der Waals surface area contributed by atoms with Crippen LogP contribution >= 0.6 is 15.9 Å². The number of hydrogen-bond donors (Lipinski definition) is 2. The fourth-order valence-electron chi connectivity index (χ4n) is 2.11. The molecule has 2 N–H and O–H groups in total. The predicted octanol–water partition coefficient (Wildman–Crippen LogP) is 2.26. The van der Waals surface area contributed by atoms with Gasteiger partial charge in [0.05, 0.1) is 10.5 Å². The summed E-state index contributed by atoms with van der Waals surface area (Å²) < 4.78 is 27.9. The first-order valence-corrected chi connectivity index (χ1v) is 8.50. The molecule has 0 saturated heterocycles. The third-order valence-electron chi connectivity index (χ3n) is 3.62. The van der Waals surface area contributed by atoms with E-state index in [-0.39, 0.29) is 11.4 Å². The number of hydrogen-bond acceptors (Lipinski definition) is 3. The van der Waals surface area contributed by atoms with Crippen molar-refractivity contribution in [3.8, 4) is 0 Å². The van der Waals surface area contributed by atoms with Gasteiger partial charge < -0.3 is 5.11 Å². The molecule has 0 unspecified atom stereocenters. The van der Waals surface area contributed by atoms with Gasteiger partial charge in [-0.25, -0.2) is 13.1 Å². The van der Waals surface area contributed by atoms with Crippen LogP contribution in [0, 0.1) is 13.8 Å². The molecule has 1 fully saturated rings. The third kappa shape index (κ3) is 3.18. The van der Waals surface area contributed by atoms with Gasteiger partial charge in [0, 0.05) is 11.0 Å². The second-order valence-corrected chi connectivity index (χ2v) is 7.86. The lowest BCUT2D eigenvalue weighted by molar-refractivity contribution is -0.0270. The Bertz CT molecular complexity index is 594. The van der Waals surface area contributed by atoms with Crippen molar-refractivity contribution in [3.63, 3.8) is 0 Å². The molecule has 4 nitrogen and oxygen atoms in total. The average molecular weight is 348 g/mol. The zero-order valence-electron chi connectivity index (χ0n) is 11.0. The van der Waals surface area contributed by atoms with E-state index in [9.17, 15) is 13.5 Å². The van der Waals surface area contributed by atoms with Crippen LogP contribution in [0.2, 0.25) is 0 Å². The van der Waals surface area contributed by atoms with Gasteiger partial charge in [-0.1, -0.05) is 15.9 Å². The number of aryl methyl sites for hydroxylation is 2. The van der Waals surface area contributed by atoms with E-state index in [1.807, 2.05) is 6.92 Å². The molecule has 0 aliphatic heterocycles. The number of sulfonamides is 1. The lowest BCUT2D eigenvalue weighted by Crippen LogP contribution is -2.47. The molecule has 0 atom stereocenters. The molecular weight excluding hydrogens is 330 g/mol. The minimum absolute atomic E-state index is 0.0872. The van der Waals surface area contributed by atoms with Gasteiger partial charge in [0.25, 0.3) is 0 Å². The van der Waals surface area contributed by atoms with Crippen molar-refractivity contribution in [2.24, 2.45) is 0 Å². The Morgan fingerprint density at radius 3 is 2.47 bits per heavy atom. The molecule has 0 bridgehead atoms. The Labute approximate surface area is 122 Å². The van der Waals surface area contributed by atoms with Crippen LogP contribution in [0.4, 0.5) is 0 Å². The molecule has 0 spiro atoms. The highest BCUT2D eigenvalue weighted by Gasteiger charge is 2.35. The highest BCUT2D eigenvalue weighted by atomic mass is 79.9. The minimum atomic E-state index is -3.57. The third-order valence-corrected chi connectivity index (χ3v) is 6.02. The van der Waals surface area contributed by atoms with Crippen LogP contribution < -0.4 is 4.72 Å². The first-order valence-electron chi connectivity index (χ1n) is 6.22. The van der Waals surface area contributed by atoms with Crippen molar-refractivity contribution in [2.75, 3.05) is 6.54 Å². The Morgan fingerprint density at radius 2 is 1.95 bits per heavy atom. The molecular formula is C13H18BrNO3S. The highest BCUT2D eigenvalue weighted by Crippen LogP contribution is 2.31. The summed E-state index contributed by atoms with van der Waals surface area (Å²) in [5.74, 6) is 0. The van der Waals surface area contributed by atoms with E-state index in [1.165, 1.54) is 0 Å². The fourth-order valence-corrected chi connectivity index (χ4v) is 4.00. The summed E-state index contributed by atoms with van der Waals surface area (Å²) in [6, 6.07) is 3.44. The van der Waals surface area contributed by atoms with Gasteiger partial charge in [-0.15, -0.1) is 0 Å². The summed E-state index contributed by atoms with van der Waals surface area (Å²) in [5, 5.41) is 9.95. The number of aliphatic hydroxyl groups is 1. The van der Waals surface area contributed by atoms with E-state index in [1.54, 1.807) is 19.1 Å². The molecule has 19 heavy (non-hydrogen) atoms. The van der Waals surface area contributed by atoms with Crippen molar-refractivity contribution in [1.29, 1.82) is 0 Å². The molecule has 1 aliphatic rings. The monoisotopic (exact) mass is 347 g/mol. The Kier molecular flexibility index (Phi) is 4.07. The van der Waals surface area contributed by atoms with Crippen LogP contribution in [0.1, 0.15) is 30.4 Å². The van der Waals surface area contributed by atoms with Crippen molar-refractivity contribution < 1.29 is 13.5 Å². The van der Waals surface area contributed by atoms with Crippen molar-refractivity contribution in [2.45, 2.75) is 43.6 Å². The Balaban J connectivity index is 2.22. The standard InChI is InChI=1S/C13H18BrNO3S/c1-9-7-12(10(2)6-11(9)14)19(17,18)15-8-13(16)4-3-5-13/h6-7,15-16H,3-5,8H2,1-2H3. The largest absolute Gasteiger partial charge is 0.389 e. The fraction of sp³-hybridized carbons (Fsp3) is 0.538. The molecule has 0 aromatic heterocycles. The van der Waals surface area contributed by atoms with Crippen LogP contribution in [-0.2, 0) is 10.0 Å². The maximum absolute atomic E-state index is 12.3. The lowest BCUT2D eigenvalue weighted by atomic mass is 9.81. The predicted molar refractivity (Wildman–Crippen MR) is 77.6 cm³/mol. The van der Waals surface area contributed by atoms with E-state index in [2.05, 4.69) is 20.7 Å². The SMILES string of the molecule is Cc1cc(S(=O)(=O)NCC2(O)CCC2)c(C)cc1Br. The van der Waals surface area contributed by atoms with Gasteiger partial charge in [0.15, 0.2) is 0 Å². The molecule has 0 amide bonds. The average Bonchev–Trinajstić information content (AvgIpc) is 2.28. The number of benzene rings is 1. The molecule has 1 saturated carbocycles. The van der Waals surface area contributed by atoms with E-state index < -0.39 is 15.6 Å². The molecule has 106 valence electrons. The van der Waals surface area contributed by atoms with Crippen LogP contribution in [0.5, 0.6) is 0 Å². The van der Waals surface area contributed by atoms with Crippen LogP contribution in [0.25, 0.3) is 0 Å². The molecule has 2 rings (SSSR count). The van der Waals surface area contributed by atoms with Gasteiger partial charge in [-0.3, -0.25) is 0 Å². The van der Waals surface area contributed by atoms with Crippen LogP contribution in [-0.4, -0.2) is 25.7 Å². The van der Waals surface area contributed by atoms with Crippen molar-refractivity contribution >= 4 is 26.0 Å². The number of halogens is 1. The summed E-state index contributed by atoms with van der Waals surface area (Å²) in [6.45, 7) is 3.70. The Morgan fingerprint density at radius 1 is 1.32 bits per heavy atom. The van der Waals surface area contributed by atoms with Gasteiger partial charge >= 0.3 is 0 Å². The van der Waals surface area contributed by atoms with E-state index >= 15 is 0 Å². The first-order chi connectivity index (χ1) is 8.73. The maximum atomic E-state index is 12.3. The quantitative estimate of drug-likeness (QED) is 0.877. The summed E-state index contributed by atoms with van der Waals surface area (Å²) in [6.07, 6.45) is 2.27. The summed E-state index contributed by atoms with van der Waals surface area (Å²) in [4.78, 5) is 0.274. The second-order valence-electron chi connectivity index (χ2n) is 5.27. The zero-order valence-corrected chi connectivity index (χ0v) is 13.4. The summed E-state index contributed by atoms with van der Waals surface area (Å²) in [5.41, 5.74) is 0.699. The number of rotatable bonds is 4. The maximum Gasteiger partial charge on any atom is 0.240 e. The topological polar surface area (TPSA) is 66.4 Å². The molecule has 1 aromatic rings. The van der Waals surface area contributed by atoms with Gasteiger partial charge in [-0.2, -0.15) is 0 Å². The first kappa shape index (κ1) is 15.0. The summed E-state index contributed by atoms with van der Waals surface area (Å²) >= 11 is 3.38. The Hall–Kier alpha value is -0.430. The molecule has 6 heteroatoms. The van der Waals surface area contributed by atoms with E-state index in [0.717, 1.165) is 16.5 Å². The highest BCUT2D eigenvalue weighted by molar-refractivity contribution is 9.10. The van der Waals surface area contributed by atoms with E-state index in [0.29, 0.717) is 18.4 Å². The normalized spacial score (nSPS) is 18.1. The van der Waals surface area contributed by atoms with Crippen LogP contribution in [0.15, 0.2) is 21.5 Å². The van der Waals surface area contributed by atoms with E-state index in [4.69, 9.17) is 0 Å². The number of nitrogens with one attached hydrogen (secondary N) is 1. The lowest BCUT2D eigenvalue weighted by Gasteiger charge is -2.36. The summed E-state index contributed by atoms with van der Waals surface area (Å²) in [7, 11) is -3.57. The van der Waals surface area contributed by atoms with Crippen LogP contribution in [0.3, 0.4) is 0 Å². The smallest absolute Gasteiger partial charge is 0.240 e. The van der Waals surface area contributed by atoms with Gasteiger partial charge in [0.2, 0.25) is 10.0 Å². The molecule has 0 radical (unpaired) electrons. The van der Waals surface area contributed by atoms with Gasteiger partial charge in [0.1, 0.15) is 0 Å². The molecule has 1 aliphatic carbocycles.